The fraction of sp³-hybridized carbons (Fsp3) is 0.458. The molecular formula is C24H30N2O2. The molecule has 0 aromatic heterocycles. The molecule has 2 aromatic rings. The summed E-state index contributed by atoms with van der Waals surface area (Å²) in [6, 6.07) is 14.5. The van der Waals surface area contributed by atoms with Gasteiger partial charge in [-0.15, -0.1) is 0 Å². The number of hydrogen-bond acceptors (Lipinski definition) is 2. The van der Waals surface area contributed by atoms with E-state index in [4.69, 9.17) is 4.74 Å². The standard InChI is InChI=1S/C24H30N2O2/c1-16(2)24(3)22-20(18-11-12-18)7-6-8-21(22)26(23(27)25(24)4)15-17-9-13-19(28-5)14-10-17/h6-10,13-14,16,18H,11-12,15H2,1-5H3. The number of benzene rings is 2. The Bertz CT molecular complexity index is 886. The van der Waals surface area contributed by atoms with Crippen molar-refractivity contribution in [3.63, 3.8) is 0 Å². The van der Waals surface area contributed by atoms with Crippen LogP contribution in [0.5, 0.6) is 5.75 Å². The molecule has 1 aliphatic heterocycles. The van der Waals surface area contributed by atoms with Gasteiger partial charge in [-0.3, -0.25) is 4.90 Å². The van der Waals surface area contributed by atoms with Gasteiger partial charge in [0.05, 0.1) is 24.9 Å². The molecule has 2 amide bonds. The maximum atomic E-state index is 13.5. The summed E-state index contributed by atoms with van der Waals surface area (Å²) in [6.45, 7) is 7.22. The smallest absolute Gasteiger partial charge is 0.325 e. The molecule has 1 heterocycles. The summed E-state index contributed by atoms with van der Waals surface area (Å²) in [7, 11) is 3.62. The zero-order chi connectivity index (χ0) is 20.1. The molecule has 4 heteroatoms. The molecule has 1 aliphatic carbocycles. The van der Waals surface area contributed by atoms with E-state index < -0.39 is 0 Å². The lowest BCUT2D eigenvalue weighted by Gasteiger charge is -2.51. The third-order valence-electron chi connectivity index (χ3n) is 6.73. The molecule has 2 aliphatic rings. The van der Waals surface area contributed by atoms with E-state index in [-0.39, 0.29) is 11.6 Å². The highest BCUT2D eigenvalue weighted by Gasteiger charge is 2.48. The number of methoxy groups -OCH3 is 1. The van der Waals surface area contributed by atoms with Gasteiger partial charge in [0.2, 0.25) is 0 Å². The van der Waals surface area contributed by atoms with Crippen LogP contribution in [0.2, 0.25) is 0 Å². The molecule has 0 radical (unpaired) electrons. The summed E-state index contributed by atoms with van der Waals surface area (Å²) in [5.74, 6) is 1.79. The third kappa shape index (κ3) is 2.86. The van der Waals surface area contributed by atoms with Crippen molar-refractivity contribution in [3.05, 3.63) is 59.2 Å². The van der Waals surface area contributed by atoms with E-state index in [2.05, 4.69) is 39.0 Å². The predicted octanol–water partition coefficient (Wildman–Crippen LogP) is 5.52. The second kappa shape index (κ2) is 6.84. The number of amides is 2. The van der Waals surface area contributed by atoms with Gasteiger partial charge in [-0.1, -0.05) is 38.1 Å². The van der Waals surface area contributed by atoms with Gasteiger partial charge >= 0.3 is 6.03 Å². The van der Waals surface area contributed by atoms with Crippen molar-refractivity contribution in [2.45, 2.75) is 51.6 Å². The van der Waals surface area contributed by atoms with Gasteiger partial charge in [0.25, 0.3) is 0 Å². The minimum atomic E-state index is -0.304. The Morgan fingerprint density at radius 3 is 2.39 bits per heavy atom. The summed E-state index contributed by atoms with van der Waals surface area (Å²) in [5.41, 5.74) is 4.62. The van der Waals surface area contributed by atoms with Crippen LogP contribution in [0.25, 0.3) is 0 Å². The zero-order valence-electron chi connectivity index (χ0n) is 17.5. The predicted molar refractivity (Wildman–Crippen MR) is 113 cm³/mol. The topological polar surface area (TPSA) is 32.8 Å². The van der Waals surface area contributed by atoms with Crippen molar-refractivity contribution < 1.29 is 9.53 Å². The number of fused-ring (bicyclic) bond motifs is 1. The van der Waals surface area contributed by atoms with E-state index in [0.29, 0.717) is 18.4 Å². The molecule has 0 saturated heterocycles. The van der Waals surface area contributed by atoms with Crippen LogP contribution in [0.4, 0.5) is 10.5 Å². The van der Waals surface area contributed by atoms with Gasteiger partial charge in [-0.2, -0.15) is 0 Å². The van der Waals surface area contributed by atoms with Gasteiger partial charge in [-0.05, 0) is 60.9 Å². The average molecular weight is 379 g/mol. The minimum absolute atomic E-state index is 0.0625. The SMILES string of the molecule is COc1ccc(CN2C(=O)N(C)C(C)(C(C)C)c3c(C4CC4)cccc32)cc1. The number of carbonyl (C=O) groups excluding carboxylic acids is 1. The molecule has 148 valence electrons. The number of carbonyl (C=O) groups is 1. The Balaban J connectivity index is 1.82. The Labute approximate surface area is 168 Å². The molecule has 1 saturated carbocycles. The molecule has 0 bridgehead atoms. The quantitative estimate of drug-likeness (QED) is 0.687. The van der Waals surface area contributed by atoms with E-state index in [0.717, 1.165) is 17.0 Å². The van der Waals surface area contributed by atoms with E-state index in [9.17, 15) is 4.79 Å². The maximum absolute atomic E-state index is 13.5. The summed E-state index contributed by atoms with van der Waals surface area (Å²) in [4.78, 5) is 17.4. The highest BCUT2D eigenvalue weighted by atomic mass is 16.5. The molecule has 4 rings (SSSR count). The first-order chi connectivity index (χ1) is 13.4. The summed E-state index contributed by atoms with van der Waals surface area (Å²) in [6.07, 6.45) is 2.50. The Morgan fingerprint density at radius 2 is 1.82 bits per heavy atom. The number of ether oxygens (including phenoxy) is 1. The highest BCUT2D eigenvalue weighted by Crippen LogP contribution is 2.52. The van der Waals surface area contributed by atoms with Crippen LogP contribution in [-0.2, 0) is 12.1 Å². The molecule has 0 spiro atoms. The monoisotopic (exact) mass is 378 g/mol. The fourth-order valence-corrected chi connectivity index (χ4v) is 4.46. The first-order valence-electron chi connectivity index (χ1n) is 10.2. The van der Waals surface area contributed by atoms with Crippen molar-refractivity contribution in [2.24, 2.45) is 5.92 Å². The normalized spacial score (nSPS) is 21.9. The number of urea groups is 1. The van der Waals surface area contributed by atoms with E-state index >= 15 is 0 Å². The minimum Gasteiger partial charge on any atom is -0.497 e. The Morgan fingerprint density at radius 1 is 1.14 bits per heavy atom. The van der Waals surface area contributed by atoms with Crippen LogP contribution in [0.15, 0.2) is 42.5 Å². The van der Waals surface area contributed by atoms with Crippen LogP contribution in [0.3, 0.4) is 0 Å². The van der Waals surface area contributed by atoms with Crippen LogP contribution >= 0.6 is 0 Å². The van der Waals surface area contributed by atoms with E-state index in [1.807, 2.05) is 41.1 Å². The second-order valence-electron chi connectivity index (χ2n) is 8.59. The van der Waals surface area contributed by atoms with Gasteiger partial charge < -0.3 is 9.64 Å². The van der Waals surface area contributed by atoms with Crippen LogP contribution in [-0.4, -0.2) is 25.1 Å². The number of nitrogens with zero attached hydrogens (tertiary/aromatic N) is 2. The average Bonchev–Trinajstić information content (AvgIpc) is 3.54. The zero-order valence-corrected chi connectivity index (χ0v) is 17.5. The lowest BCUT2D eigenvalue weighted by molar-refractivity contribution is 0.104. The molecule has 0 N–H and O–H groups in total. The van der Waals surface area contributed by atoms with E-state index in [1.165, 1.54) is 24.0 Å². The van der Waals surface area contributed by atoms with Gasteiger partial charge in [0.15, 0.2) is 0 Å². The lowest BCUT2D eigenvalue weighted by Crippen LogP contribution is -2.58. The fourth-order valence-electron chi connectivity index (χ4n) is 4.46. The van der Waals surface area contributed by atoms with Crippen molar-refractivity contribution in [1.29, 1.82) is 0 Å². The van der Waals surface area contributed by atoms with E-state index in [1.54, 1.807) is 7.11 Å². The summed E-state index contributed by atoms with van der Waals surface area (Å²) >= 11 is 0. The first kappa shape index (κ1) is 18.9. The van der Waals surface area contributed by atoms with Crippen molar-refractivity contribution in [3.8, 4) is 5.75 Å². The van der Waals surface area contributed by atoms with Crippen LogP contribution in [0, 0.1) is 5.92 Å². The second-order valence-corrected chi connectivity index (χ2v) is 8.59. The van der Waals surface area contributed by atoms with Gasteiger partial charge in [-0.25, -0.2) is 4.79 Å². The molecule has 28 heavy (non-hydrogen) atoms. The van der Waals surface area contributed by atoms with Gasteiger partial charge in [0.1, 0.15) is 5.75 Å². The van der Waals surface area contributed by atoms with Crippen molar-refractivity contribution >= 4 is 11.7 Å². The van der Waals surface area contributed by atoms with Crippen molar-refractivity contribution in [1.82, 2.24) is 4.90 Å². The number of anilines is 1. The molecule has 2 aromatic carbocycles. The maximum Gasteiger partial charge on any atom is 0.325 e. The lowest BCUT2D eigenvalue weighted by atomic mass is 9.75. The molecule has 1 atom stereocenters. The van der Waals surface area contributed by atoms with Crippen LogP contribution in [0.1, 0.15) is 56.2 Å². The highest BCUT2D eigenvalue weighted by molar-refractivity contribution is 5.96. The molecular weight excluding hydrogens is 348 g/mol. The molecule has 1 unspecified atom stereocenters. The van der Waals surface area contributed by atoms with Crippen molar-refractivity contribution in [2.75, 3.05) is 19.1 Å². The molecule has 4 nitrogen and oxygen atoms in total. The number of rotatable bonds is 5. The third-order valence-corrected chi connectivity index (χ3v) is 6.73. The molecule has 1 fully saturated rings. The first-order valence-corrected chi connectivity index (χ1v) is 10.2. The largest absolute Gasteiger partial charge is 0.497 e. The summed E-state index contributed by atoms with van der Waals surface area (Å²) < 4.78 is 5.27. The van der Waals surface area contributed by atoms with Crippen LogP contribution < -0.4 is 9.64 Å². The Hall–Kier alpha value is -2.49. The Kier molecular flexibility index (Phi) is 4.60. The summed E-state index contributed by atoms with van der Waals surface area (Å²) in [5, 5.41) is 0. The number of hydrogen-bond donors (Lipinski definition) is 0. The van der Waals surface area contributed by atoms with Gasteiger partial charge in [0, 0.05) is 12.6 Å².